The monoisotopic (exact) mass is 308 g/mol. The molecular formula is C15H20N2O5. The van der Waals surface area contributed by atoms with Gasteiger partial charge in [0.1, 0.15) is 6.10 Å². The third-order valence-corrected chi connectivity index (χ3v) is 3.60. The highest BCUT2D eigenvalue weighted by Gasteiger charge is 2.35. The Morgan fingerprint density at radius 2 is 2.00 bits per heavy atom. The Bertz CT molecular complexity index is 531. The first-order valence-corrected chi connectivity index (χ1v) is 7.07. The standard InChI is InChI=1S/C15H20N2O5/c1-9(18)16-7-13-14(19)12(8-22-13)17-6-10-2-4-11(5-3-10)15(20)21/h2-5,12-14,17,19H,6-8H2,1H3,(H,16,18)(H,20,21). The Kier molecular flexibility index (Phi) is 5.48. The fourth-order valence-electron chi connectivity index (χ4n) is 2.30. The largest absolute Gasteiger partial charge is 0.478 e. The highest BCUT2D eigenvalue weighted by molar-refractivity contribution is 5.87. The number of ether oxygens (including phenoxy) is 1. The molecule has 1 aliphatic heterocycles. The van der Waals surface area contributed by atoms with Gasteiger partial charge < -0.3 is 25.6 Å². The molecule has 2 rings (SSSR count). The number of rotatable bonds is 6. The van der Waals surface area contributed by atoms with Gasteiger partial charge in [0.25, 0.3) is 0 Å². The van der Waals surface area contributed by atoms with E-state index in [0.717, 1.165) is 5.56 Å². The minimum Gasteiger partial charge on any atom is -0.478 e. The van der Waals surface area contributed by atoms with Crippen LogP contribution in [0.1, 0.15) is 22.8 Å². The molecular weight excluding hydrogens is 288 g/mol. The number of aliphatic hydroxyl groups is 1. The molecule has 1 heterocycles. The number of aliphatic hydroxyl groups excluding tert-OH is 1. The molecule has 120 valence electrons. The molecule has 0 aromatic heterocycles. The van der Waals surface area contributed by atoms with Crippen molar-refractivity contribution in [2.75, 3.05) is 13.2 Å². The van der Waals surface area contributed by atoms with Gasteiger partial charge in [-0.3, -0.25) is 4.79 Å². The van der Waals surface area contributed by atoms with Crippen LogP contribution >= 0.6 is 0 Å². The van der Waals surface area contributed by atoms with Crippen molar-refractivity contribution < 1.29 is 24.5 Å². The van der Waals surface area contributed by atoms with Crippen LogP contribution in [0.5, 0.6) is 0 Å². The van der Waals surface area contributed by atoms with Gasteiger partial charge in [0.15, 0.2) is 0 Å². The van der Waals surface area contributed by atoms with Crippen LogP contribution in [0.15, 0.2) is 24.3 Å². The minimum atomic E-state index is -0.958. The second-order valence-corrected chi connectivity index (χ2v) is 5.29. The zero-order chi connectivity index (χ0) is 16.1. The maximum absolute atomic E-state index is 10.9. The van der Waals surface area contributed by atoms with E-state index in [1.165, 1.54) is 6.92 Å². The van der Waals surface area contributed by atoms with Crippen molar-refractivity contribution in [3.63, 3.8) is 0 Å². The molecule has 0 radical (unpaired) electrons. The summed E-state index contributed by atoms with van der Waals surface area (Å²) in [6, 6.07) is 6.32. The van der Waals surface area contributed by atoms with Gasteiger partial charge in [-0.15, -0.1) is 0 Å². The Balaban J connectivity index is 1.82. The summed E-state index contributed by atoms with van der Waals surface area (Å²) in [6.45, 7) is 2.55. The maximum Gasteiger partial charge on any atom is 0.335 e. The Morgan fingerprint density at radius 1 is 1.32 bits per heavy atom. The number of hydrogen-bond acceptors (Lipinski definition) is 5. The lowest BCUT2D eigenvalue weighted by Gasteiger charge is -2.18. The van der Waals surface area contributed by atoms with Gasteiger partial charge >= 0.3 is 5.97 Å². The molecule has 7 nitrogen and oxygen atoms in total. The lowest BCUT2D eigenvalue weighted by molar-refractivity contribution is -0.119. The number of carboxylic acid groups (broad SMARTS) is 1. The molecule has 0 spiro atoms. The third-order valence-electron chi connectivity index (χ3n) is 3.60. The van der Waals surface area contributed by atoms with Gasteiger partial charge in [-0.25, -0.2) is 4.79 Å². The summed E-state index contributed by atoms with van der Waals surface area (Å²) in [5.74, 6) is -1.12. The molecule has 1 amide bonds. The average Bonchev–Trinajstić information content (AvgIpc) is 2.84. The zero-order valence-corrected chi connectivity index (χ0v) is 12.3. The van der Waals surface area contributed by atoms with Gasteiger partial charge in [0.05, 0.1) is 24.3 Å². The predicted molar refractivity (Wildman–Crippen MR) is 78.5 cm³/mol. The second kappa shape index (κ2) is 7.35. The van der Waals surface area contributed by atoms with Crippen LogP contribution in [0.2, 0.25) is 0 Å². The van der Waals surface area contributed by atoms with Crippen LogP contribution in [0.3, 0.4) is 0 Å². The number of aromatic carboxylic acids is 1. The minimum absolute atomic E-state index is 0.161. The lowest BCUT2D eigenvalue weighted by atomic mass is 10.1. The van der Waals surface area contributed by atoms with Crippen molar-refractivity contribution in [1.29, 1.82) is 0 Å². The molecule has 7 heteroatoms. The predicted octanol–water partition coefficient (Wildman–Crippen LogP) is -0.261. The van der Waals surface area contributed by atoms with Gasteiger partial charge in [-0.1, -0.05) is 12.1 Å². The van der Waals surface area contributed by atoms with Crippen molar-refractivity contribution in [3.05, 3.63) is 35.4 Å². The number of carbonyl (C=O) groups excluding carboxylic acids is 1. The molecule has 1 fully saturated rings. The number of carbonyl (C=O) groups is 2. The summed E-state index contributed by atoms with van der Waals surface area (Å²) in [7, 11) is 0. The van der Waals surface area contributed by atoms with Gasteiger partial charge in [0, 0.05) is 20.0 Å². The van der Waals surface area contributed by atoms with E-state index < -0.39 is 18.2 Å². The zero-order valence-electron chi connectivity index (χ0n) is 12.3. The first-order valence-electron chi connectivity index (χ1n) is 7.07. The Labute approximate surface area is 128 Å². The second-order valence-electron chi connectivity index (χ2n) is 5.29. The van der Waals surface area contributed by atoms with Crippen molar-refractivity contribution >= 4 is 11.9 Å². The molecule has 0 saturated carbocycles. The van der Waals surface area contributed by atoms with E-state index in [-0.39, 0.29) is 24.1 Å². The number of carboxylic acids is 1. The highest BCUT2D eigenvalue weighted by atomic mass is 16.5. The van der Waals surface area contributed by atoms with E-state index >= 15 is 0 Å². The molecule has 0 bridgehead atoms. The van der Waals surface area contributed by atoms with E-state index in [4.69, 9.17) is 9.84 Å². The van der Waals surface area contributed by atoms with E-state index in [1.54, 1.807) is 24.3 Å². The van der Waals surface area contributed by atoms with Crippen LogP contribution in [-0.2, 0) is 16.1 Å². The topological polar surface area (TPSA) is 108 Å². The SMILES string of the molecule is CC(=O)NCC1OCC(NCc2ccc(C(=O)O)cc2)C1O. The molecule has 3 atom stereocenters. The van der Waals surface area contributed by atoms with Crippen LogP contribution < -0.4 is 10.6 Å². The van der Waals surface area contributed by atoms with Crippen LogP contribution in [0.25, 0.3) is 0 Å². The van der Waals surface area contributed by atoms with Crippen molar-refractivity contribution in [2.45, 2.75) is 31.7 Å². The summed E-state index contributed by atoms with van der Waals surface area (Å²) >= 11 is 0. The Morgan fingerprint density at radius 3 is 2.59 bits per heavy atom. The normalized spacial score (nSPS) is 24.2. The molecule has 1 aromatic carbocycles. The van der Waals surface area contributed by atoms with E-state index in [0.29, 0.717) is 13.2 Å². The van der Waals surface area contributed by atoms with Crippen molar-refractivity contribution in [2.24, 2.45) is 0 Å². The van der Waals surface area contributed by atoms with Crippen LogP contribution in [-0.4, -0.2) is 53.5 Å². The molecule has 0 aliphatic carbocycles. The summed E-state index contributed by atoms with van der Waals surface area (Å²) in [5.41, 5.74) is 1.16. The number of hydrogen-bond donors (Lipinski definition) is 4. The maximum atomic E-state index is 10.9. The van der Waals surface area contributed by atoms with E-state index in [1.807, 2.05) is 0 Å². The van der Waals surface area contributed by atoms with Gasteiger partial charge in [0.2, 0.25) is 5.91 Å². The lowest BCUT2D eigenvalue weighted by Crippen LogP contribution is -2.44. The van der Waals surface area contributed by atoms with Crippen LogP contribution in [0, 0.1) is 0 Å². The molecule has 4 N–H and O–H groups in total. The van der Waals surface area contributed by atoms with Crippen LogP contribution in [0.4, 0.5) is 0 Å². The fraction of sp³-hybridized carbons (Fsp3) is 0.467. The third kappa shape index (κ3) is 4.27. The summed E-state index contributed by atoms with van der Waals surface area (Å²) in [5, 5.41) is 24.8. The number of amides is 1. The fourth-order valence-corrected chi connectivity index (χ4v) is 2.30. The smallest absolute Gasteiger partial charge is 0.335 e. The molecule has 1 aromatic rings. The summed E-state index contributed by atoms with van der Waals surface area (Å²) < 4.78 is 5.46. The molecule has 3 unspecified atom stereocenters. The summed E-state index contributed by atoms with van der Waals surface area (Å²) in [4.78, 5) is 21.6. The van der Waals surface area contributed by atoms with Gasteiger partial charge in [-0.05, 0) is 17.7 Å². The van der Waals surface area contributed by atoms with E-state index in [9.17, 15) is 14.7 Å². The first kappa shape index (κ1) is 16.4. The quantitative estimate of drug-likeness (QED) is 0.577. The van der Waals surface area contributed by atoms with E-state index in [2.05, 4.69) is 10.6 Å². The summed E-state index contributed by atoms with van der Waals surface area (Å²) in [6.07, 6.45) is -1.12. The highest BCUT2D eigenvalue weighted by Crippen LogP contribution is 2.15. The first-order chi connectivity index (χ1) is 10.5. The Hall–Kier alpha value is -1.96. The molecule has 1 aliphatic rings. The van der Waals surface area contributed by atoms with Gasteiger partial charge in [-0.2, -0.15) is 0 Å². The number of nitrogens with one attached hydrogen (secondary N) is 2. The van der Waals surface area contributed by atoms with Crippen molar-refractivity contribution in [3.8, 4) is 0 Å². The van der Waals surface area contributed by atoms with Crippen molar-refractivity contribution in [1.82, 2.24) is 10.6 Å². The average molecular weight is 308 g/mol. The molecule has 1 saturated heterocycles. The number of benzene rings is 1. The molecule has 22 heavy (non-hydrogen) atoms.